The largest absolute Gasteiger partial charge is 0.377 e. The van der Waals surface area contributed by atoms with Crippen LogP contribution in [0.4, 0.5) is 11.4 Å². The second kappa shape index (κ2) is 3.88. The van der Waals surface area contributed by atoms with Gasteiger partial charge in [-0.1, -0.05) is 6.07 Å². The van der Waals surface area contributed by atoms with Crippen LogP contribution in [-0.4, -0.2) is 26.8 Å². The lowest BCUT2D eigenvalue weighted by atomic mass is 9.98. The molecule has 0 unspecified atom stereocenters. The summed E-state index contributed by atoms with van der Waals surface area (Å²) in [6.45, 7) is 8.41. The standard InChI is InChI=1S/C13H20N2O2S/c1-9-6-7-11-12(10(9)2)15(18(5,16)17)8-13(3,4)14-11/h6-7,14H,8H2,1-5H3. The Morgan fingerprint density at radius 3 is 2.44 bits per heavy atom. The van der Waals surface area contributed by atoms with Crippen LogP contribution in [0.1, 0.15) is 25.0 Å². The van der Waals surface area contributed by atoms with Gasteiger partial charge in [-0.25, -0.2) is 8.42 Å². The van der Waals surface area contributed by atoms with Crippen LogP contribution in [-0.2, 0) is 10.0 Å². The van der Waals surface area contributed by atoms with Crippen molar-refractivity contribution >= 4 is 21.4 Å². The second-order valence-electron chi connectivity index (χ2n) is 5.68. The van der Waals surface area contributed by atoms with Gasteiger partial charge in [0.2, 0.25) is 10.0 Å². The van der Waals surface area contributed by atoms with E-state index in [1.54, 1.807) is 0 Å². The average Bonchev–Trinajstić information content (AvgIpc) is 2.20. The maximum atomic E-state index is 12.0. The van der Waals surface area contributed by atoms with E-state index in [1.807, 2.05) is 39.8 Å². The molecule has 18 heavy (non-hydrogen) atoms. The van der Waals surface area contributed by atoms with Crippen LogP contribution in [0.3, 0.4) is 0 Å². The number of anilines is 2. The van der Waals surface area contributed by atoms with E-state index >= 15 is 0 Å². The van der Waals surface area contributed by atoms with Crippen LogP contribution in [0.25, 0.3) is 0 Å². The van der Waals surface area contributed by atoms with Crippen LogP contribution in [0.5, 0.6) is 0 Å². The topological polar surface area (TPSA) is 49.4 Å². The number of benzene rings is 1. The lowest BCUT2D eigenvalue weighted by molar-refractivity contribution is 0.546. The van der Waals surface area contributed by atoms with E-state index in [2.05, 4.69) is 5.32 Å². The minimum absolute atomic E-state index is 0.266. The van der Waals surface area contributed by atoms with Gasteiger partial charge in [-0.05, 0) is 44.9 Å². The maximum Gasteiger partial charge on any atom is 0.232 e. The Hall–Kier alpha value is -1.23. The van der Waals surface area contributed by atoms with Crippen molar-refractivity contribution in [1.29, 1.82) is 0 Å². The van der Waals surface area contributed by atoms with Crippen molar-refractivity contribution in [1.82, 2.24) is 0 Å². The summed E-state index contributed by atoms with van der Waals surface area (Å²) in [5, 5.41) is 3.40. The first-order valence-electron chi connectivity index (χ1n) is 5.98. The summed E-state index contributed by atoms with van der Waals surface area (Å²) in [4.78, 5) is 0. The maximum absolute atomic E-state index is 12.0. The summed E-state index contributed by atoms with van der Waals surface area (Å²) in [5.41, 5.74) is 3.53. The Morgan fingerprint density at radius 1 is 1.28 bits per heavy atom. The molecular weight excluding hydrogens is 248 g/mol. The number of rotatable bonds is 1. The molecule has 0 spiro atoms. The summed E-state index contributed by atoms with van der Waals surface area (Å²) < 4.78 is 25.5. The fourth-order valence-electron chi connectivity index (χ4n) is 2.35. The number of nitrogens with zero attached hydrogens (tertiary/aromatic N) is 1. The second-order valence-corrected chi connectivity index (χ2v) is 7.59. The lowest BCUT2D eigenvalue weighted by Crippen LogP contribution is -2.50. The van der Waals surface area contributed by atoms with Crippen molar-refractivity contribution in [2.75, 3.05) is 22.4 Å². The molecule has 0 atom stereocenters. The molecule has 0 saturated carbocycles. The number of hydrogen-bond donors (Lipinski definition) is 1. The summed E-state index contributed by atoms with van der Waals surface area (Å²) in [7, 11) is -3.26. The Bertz CT molecular complexity index is 591. The van der Waals surface area contributed by atoms with Gasteiger partial charge in [0.25, 0.3) is 0 Å². The Balaban J connectivity index is 2.70. The van der Waals surface area contributed by atoms with Gasteiger partial charge in [-0.2, -0.15) is 0 Å². The van der Waals surface area contributed by atoms with Crippen molar-refractivity contribution in [2.24, 2.45) is 0 Å². The highest BCUT2D eigenvalue weighted by Gasteiger charge is 2.35. The Labute approximate surface area is 109 Å². The van der Waals surface area contributed by atoms with Crippen molar-refractivity contribution in [3.8, 4) is 0 Å². The van der Waals surface area contributed by atoms with Crippen LogP contribution in [0.15, 0.2) is 12.1 Å². The van der Waals surface area contributed by atoms with Gasteiger partial charge in [0.15, 0.2) is 0 Å². The average molecular weight is 268 g/mol. The smallest absolute Gasteiger partial charge is 0.232 e. The molecule has 0 amide bonds. The molecule has 0 aliphatic carbocycles. The van der Waals surface area contributed by atoms with Crippen LogP contribution in [0, 0.1) is 13.8 Å². The molecule has 1 heterocycles. The van der Waals surface area contributed by atoms with Crippen LogP contribution >= 0.6 is 0 Å². The van der Waals surface area contributed by atoms with Gasteiger partial charge in [-0.15, -0.1) is 0 Å². The van der Waals surface area contributed by atoms with E-state index in [-0.39, 0.29) is 5.54 Å². The Kier molecular flexibility index (Phi) is 2.85. The number of aryl methyl sites for hydroxylation is 1. The van der Waals surface area contributed by atoms with E-state index in [1.165, 1.54) is 10.6 Å². The van der Waals surface area contributed by atoms with Crippen molar-refractivity contribution in [3.63, 3.8) is 0 Å². The number of fused-ring (bicyclic) bond motifs is 1. The zero-order valence-corrected chi connectivity index (χ0v) is 12.4. The molecule has 0 aromatic heterocycles. The van der Waals surface area contributed by atoms with Gasteiger partial charge >= 0.3 is 0 Å². The Morgan fingerprint density at radius 2 is 1.89 bits per heavy atom. The third kappa shape index (κ3) is 2.19. The summed E-state index contributed by atoms with van der Waals surface area (Å²) in [6, 6.07) is 3.97. The molecule has 1 N–H and O–H groups in total. The third-order valence-corrected chi connectivity index (χ3v) is 4.48. The highest BCUT2D eigenvalue weighted by Crippen LogP contribution is 2.39. The molecule has 5 heteroatoms. The van der Waals surface area contributed by atoms with Gasteiger partial charge < -0.3 is 5.32 Å². The molecule has 4 nitrogen and oxygen atoms in total. The fraction of sp³-hybridized carbons (Fsp3) is 0.538. The molecule has 0 saturated heterocycles. The first-order chi connectivity index (χ1) is 8.12. The molecule has 1 aromatic rings. The van der Waals surface area contributed by atoms with E-state index < -0.39 is 10.0 Å². The summed E-state index contributed by atoms with van der Waals surface area (Å²) in [6.07, 6.45) is 1.26. The first kappa shape index (κ1) is 13.2. The third-order valence-electron chi connectivity index (χ3n) is 3.36. The van der Waals surface area contributed by atoms with Crippen molar-refractivity contribution in [2.45, 2.75) is 33.2 Å². The van der Waals surface area contributed by atoms with Crippen molar-refractivity contribution < 1.29 is 8.42 Å². The van der Waals surface area contributed by atoms with Gasteiger partial charge in [0.1, 0.15) is 0 Å². The highest BCUT2D eigenvalue weighted by atomic mass is 32.2. The van der Waals surface area contributed by atoms with Crippen LogP contribution < -0.4 is 9.62 Å². The predicted molar refractivity (Wildman–Crippen MR) is 75.8 cm³/mol. The SMILES string of the molecule is Cc1ccc2c(c1C)N(S(C)(=O)=O)CC(C)(C)N2. The lowest BCUT2D eigenvalue weighted by Gasteiger charge is -2.41. The molecule has 0 radical (unpaired) electrons. The van der Waals surface area contributed by atoms with Gasteiger partial charge in [0, 0.05) is 0 Å². The predicted octanol–water partition coefficient (Wildman–Crippen LogP) is 2.27. The van der Waals surface area contributed by atoms with Gasteiger partial charge in [0.05, 0.1) is 29.7 Å². The molecular formula is C13H20N2O2S. The van der Waals surface area contributed by atoms with E-state index in [4.69, 9.17) is 0 Å². The highest BCUT2D eigenvalue weighted by molar-refractivity contribution is 7.92. The normalized spacial score (nSPS) is 18.2. The number of nitrogens with one attached hydrogen (secondary N) is 1. The zero-order chi connectivity index (χ0) is 13.7. The quantitative estimate of drug-likeness (QED) is 0.850. The van der Waals surface area contributed by atoms with E-state index in [0.29, 0.717) is 6.54 Å². The van der Waals surface area contributed by atoms with Crippen molar-refractivity contribution in [3.05, 3.63) is 23.3 Å². The zero-order valence-electron chi connectivity index (χ0n) is 11.5. The molecule has 2 rings (SSSR count). The molecule has 100 valence electrons. The fourth-order valence-corrected chi connectivity index (χ4v) is 3.47. The number of hydrogen-bond acceptors (Lipinski definition) is 3. The first-order valence-corrected chi connectivity index (χ1v) is 7.83. The van der Waals surface area contributed by atoms with E-state index in [9.17, 15) is 8.42 Å². The summed E-state index contributed by atoms with van der Waals surface area (Å²) in [5.74, 6) is 0. The van der Waals surface area contributed by atoms with Gasteiger partial charge in [-0.3, -0.25) is 4.31 Å². The molecule has 0 bridgehead atoms. The monoisotopic (exact) mass is 268 g/mol. The molecule has 1 aromatic carbocycles. The van der Waals surface area contributed by atoms with E-state index in [0.717, 1.165) is 22.5 Å². The number of sulfonamides is 1. The minimum atomic E-state index is -3.26. The molecule has 0 fully saturated rings. The molecule has 1 aliphatic heterocycles. The summed E-state index contributed by atoms with van der Waals surface area (Å²) >= 11 is 0. The molecule has 1 aliphatic rings. The minimum Gasteiger partial charge on any atom is -0.377 e. The van der Waals surface area contributed by atoms with Crippen LogP contribution in [0.2, 0.25) is 0 Å².